The summed E-state index contributed by atoms with van der Waals surface area (Å²) in [6.45, 7) is 1.48. The second kappa shape index (κ2) is 6.68. The van der Waals surface area contributed by atoms with Crippen LogP contribution in [0.5, 0.6) is 5.75 Å². The molecule has 2 aromatic rings. The summed E-state index contributed by atoms with van der Waals surface area (Å²) in [6.07, 6.45) is 1.84. The molecule has 1 aromatic heterocycles. The molecule has 0 saturated carbocycles. The number of carbonyl (C=O) groups excluding carboxylic acids is 1. The van der Waals surface area contributed by atoms with E-state index < -0.39 is 5.91 Å². The summed E-state index contributed by atoms with van der Waals surface area (Å²) in [5.74, 6) is 0.257. The van der Waals surface area contributed by atoms with E-state index in [9.17, 15) is 4.79 Å². The number of aromatic nitrogens is 2. The molecule has 0 aliphatic carbocycles. The molecule has 24 heavy (non-hydrogen) atoms. The van der Waals surface area contributed by atoms with Gasteiger partial charge in [0.25, 0.3) is 11.7 Å². The molecule has 2 heterocycles. The van der Waals surface area contributed by atoms with Crippen molar-refractivity contribution in [1.82, 2.24) is 15.0 Å². The van der Waals surface area contributed by atoms with Gasteiger partial charge in [0.1, 0.15) is 5.75 Å². The number of likely N-dealkylation sites (tertiary alicyclic amines) is 1. The second-order valence-electron chi connectivity index (χ2n) is 5.59. The van der Waals surface area contributed by atoms with Gasteiger partial charge in [0.15, 0.2) is 0 Å². The zero-order chi connectivity index (χ0) is 17.1. The van der Waals surface area contributed by atoms with Crippen LogP contribution in [0.2, 0.25) is 0 Å². The van der Waals surface area contributed by atoms with Gasteiger partial charge in [-0.25, -0.2) is 0 Å². The van der Waals surface area contributed by atoms with Crippen molar-refractivity contribution in [3.63, 3.8) is 0 Å². The molecule has 3 rings (SSSR count). The lowest BCUT2D eigenvalue weighted by molar-refractivity contribution is 0.0987. The van der Waals surface area contributed by atoms with Crippen molar-refractivity contribution in [2.24, 2.45) is 5.73 Å². The number of methoxy groups -OCH3 is 1. The van der Waals surface area contributed by atoms with Crippen molar-refractivity contribution in [2.45, 2.75) is 25.4 Å². The smallest absolute Gasteiger partial charge is 0.290 e. The van der Waals surface area contributed by atoms with Gasteiger partial charge in [-0.1, -0.05) is 11.2 Å². The van der Waals surface area contributed by atoms with E-state index in [-0.39, 0.29) is 11.9 Å². The Kier molecular flexibility index (Phi) is 4.44. The van der Waals surface area contributed by atoms with E-state index in [4.69, 9.17) is 20.3 Å². The van der Waals surface area contributed by atoms with Gasteiger partial charge in [-0.3, -0.25) is 9.69 Å². The highest BCUT2D eigenvalue weighted by molar-refractivity contribution is 5.88. The molecule has 0 bridgehead atoms. The summed E-state index contributed by atoms with van der Waals surface area (Å²) < 4.78 is 10.6. The molecule has 1 aliphatic rings. The maximum absolute atomic E-state index is 11.1. The Morgan fingerprint density at radius 3 is 3.08 bits per heavy atom. The van der Waals surface area contributed by atoms with Crippen LogP contribution >= 0.6 is 0 Å². The molecule has 124 valence electrons. The third kappa shape index (κ3) is 3.07. The topological polar surface area (TPSA) is 118 Å². The van der Waals surface area contributed by atoms with E-state index in [1.54, 1.807) is 19.2 Å². The molecule has 1 amide bonds. The fourth-order valence-corrected chi connectivity index (χ4v) is 2.93. The molecule has 2 N–H and O–H groups in total. The Hall–Kier alpha value is -2.92. The molecule has 1 atom stereocenters. The number of nitrogens with two attached hydrogens (primary N) is 1. The van der Waals surface area contributed by atoms with Gasteiger partial charge in [0.05, 0.1) is 24.8 Å². The van der Waals surface area contributed by atoms with E-state index in [0.29, 0.717) is 23.7 Å². The van der Waals surface area contributed by atoms with E-state index >= 15 is 0 Å². The van der Waals surface area contributed by atoms with Crippen molar-refractivity contribution in [2.75, 3.05) is 13.7 Å². The molecular formula is C16H17N5O3. The number of benzene rings is 1. The summed E-state index contributed by atoms with van der Waals surface area (Å²) in [4.78, 5) is 17.4. The number of hydrogen-bond acceptors (Lipinski definition) is 7. The quantitative estimate of drug-likeness (QED) is 0.881. The van der Waals surface area contributed by atoms with Crippen molar-refractivity contribution < 1.29 is 14.1 Å². The predicted octanol–water partition coefficient (Wildman–Crippen LogP) is 1.39. The highest BCUT2D eigenvalue weighted by atomic mass is 16.5. The summed E-state index contributed by atoms with van der Waals surface area (Å²) in [7, 11) is 1.58. The van der Waals surface area contributed by atoms with Crippen LogP contribution in [-0.4, -0.2) is 34.6 Å². The second-order valence-corrected chi connectivity index (χ2v) is 5.59. The Labute approximate surface area is 138 Å². The maximum Gasteiger partial charge on any atom is 0.290 e. The van der Waals surface area contributed by atoms with Gasteiger partial charge < -0.3 is 15.0 Å². The predicted molar refractivity (Wildman–Crippen MR) is 82.9 cm³/mol. The molecule has 8 heteroatoms. The van der Waals surface area contributed by atoms with E-state index in [1.165, 1.54) is 0 Å². The number of amides is 1. The summed E-state index contributed by atoms with van der Waals surface area (Å²) in [5.41, 5.74) is 6.69. The van der Waals surface area contributed by atoms with E-state index in [2.05, 4.69) is 21.1 Å². The van der Waals surface area contributed by atoms with Gasteiger partial charge in [-0.2, -0.15) is 10.2 Å². The number of hydrogen-bond donors (Lipinski definition) is 1. The van der Waals surface area contributed by atoms with Crippen LogP contribution in [0.3, 0.4) is 0 Å². The number of nitriles is 1. The standard InChI is InChI=1S/C16H17N5O3/c1-23-13-7-10(8-17)4-5-11(13)9-21-6-2-3-12(21)16-19-15(14(18)22)20-24-16/h4-5,7,12H,2-3,6,9H2,1H3,(H2,18,22). The number of rotatable bonds is 5. The minimum Gasteiger partial charge on any atom is -0.496 e. The fraction of sp³-hybridized carbons (Fsp3) is 0.375. The van der Waals surface area contributed by atoms with Gasteiger partial charge >= 0.3 is 0 Å². The first-order chi connectivity index (χ1) is 11.6. The van der Waals surface area contributed by atoms with Crippen LogP contribution in [0.1, 0.15) is 46.5 Å². The van der Waals surface area contributed by atoms with Crippen molar-refractivity contribution in [3.8, 4) is 11.8 Å². The third-order valence-corrected chi connectivity index (χ3v) is 4.10. The van der Waals surface area contributed by atoms with Gasteiger partial charge in [-0.05, 0) is 31.5 Å². The number of primary amides is 1. The third-order valence-electron chi connectivity index (χ3n) is 4.10. The van der Waals surface area contributed by atoms with Crippen LogP contribution in [0.4, 0.5) is 0 Å². The number of ether oxygens (including phenoxy) is 1. The number of carbonyl (C=O) groups is 1. The minimum absolute atomic E-state index is 0.0639. The first-order valence-corrected chi connectivity index (χ1v) is 7.57. The minimum atomic E-state index is -0.705. The molecular weight excluding hydrogens is 310 g/mol. The molecule has 0 spiro atoms. The first-order valence-electron chi connectivity index (χ1n) is 7.57. The Bertz CT molecular complexity index is 795. The lowest BCUT2D eigenvalue weighted by atomic mass is 10.1. The maximum atomic E-state index is 11.1. The first kappa shape index (κ1) is 16.0. The van der Waals surface area contributed by atoms with Crippen LogP contribution in [0, 0.1) is 11.3 Å². The highest BCUT2D eigenvalue weighted by Crippen LogP contribution is 2.34. The average molecular weight is 327 g/mol. The van der Waals surface area contributed by atoms with Gasteiger partial charge in [-0.15, -0.1) is 0 Å². The lowest BCUT2D eigenvalue weighted by Crippen LogP contribution is -2.23. The Balaban J connectivity index is 1.81. The zero-order valence-corrected chi connectivity index (χ0v) is 13.2. The summed E-state index contributed by atoms with van der Waals surface area (Å²) >= 11 is 0. The Morgan fingerprint density at radius 2 is 2.42 bits per heavy atom. The van der Waals surface area contributed by atoms with Crippen LogP contribution in [0.25, 0.3) is 0 Å². The molecule has 1 aliphatic heterocycles. The van der Waals surface area contributed by atoms with E-state index in [0.717, 1.165) is 24.9 Å². The molecule has 1 fully saturated rings. The van der Waals surface area contributed by atoms with E-state index in [1.807, 2.05) is 6.07 Å². The van der Waals surface area contributed by atoms with Gasteiger partial charge in [0.2, 0.25) is 5.89 Å². The Morgan fingerprint density at radius 1 is 1.58 bits per heavy atom. The molecule has 1 unspecified atom stereocenters. The average Bonchev–Trinajstić information content (AvgIpc) is 3.24. The van der Waals surface area contributed by atoms with Crippen LogP contribution < -0.4 is 10.5 Å². The van der Waals surface area contributed by atoms with Crippen LogP contribution in [-0.2, 0) is 6.54 Å². The largest absolute Gasteiger partial charge is 0.496 e. The highest BCUT2D eigenvalue weighted by Gasteiger charge is 2.31. The van der Waals surface area contributed by atoms with Crippen molar-refractivity contribution in [1.29, 1.82) is 5.26 Å². The number of nitrogens with zero attached hydrogens (tertiary/aromatic N) is 4. The fourth-order valence-electron chi connectivity index (χ4n) is 2.93. The molecule has 1 aromatic carbocycles. The van der Waals surface area contributed by atoms with Crippen molar-refractivity contribution >= 4 is 5.91 Å². The summed E-state index contributed by atoms with van der Waals surface area (Å²) in [5, 5.41) is 12.6. The monoisotopic (exact) mass is 327 g/mol. The zero-order valence-electron chi connectivity index (χ0n) is 13.2. The summed E-state index contributed by atoms with van der Waals surface area (Å²) in [6, 6.07) is 7.41. The van der Waals surface area contributed by atoms with Crippen LogP contribution in [0.15, 0.2) is 22.7 Å². The lowest BCUT2D eigenvalue weighted by Gasteiger charge is -2.22. The van der Waals surface area contributed by atoms with Gasteiger partial charge in [0, 0.05) is 12.1 Å². The molecule has 8 nitrogen and oxygen atoms in total. The molecule has 0 radical (unpaired) electrons. The van der Waals surface area contributed by atoms with Crippen molar-refractivity contribution in [3.05, 3.63) is 41.0 Å². The molecule has 1 saturated heterocycles. The SMILES string of the molecule is COc1cc(C#N)ccc1CN1CCCC1c1nc(C(N)=O)no1. The normalized spacial score (nSPS) is 17.6.